The molecule has 0 saturated carbocycles. The van der Waals surface area contributed by atoms with Gasteiger partial charge < -0.3 is 14.3 Å². The van der Waals surface area contributed by atoms with Gasteiger partial charge in [0.15, 0.2) is 0 Å². The number of likely N-dealkylation sites (tertiary alicyclic amines) is 1. The van der Waals surface area contributed by atoms with Gasteiger partial charge in [0.25, 0.3) is 10.1 Å². The van der Waals surface area contributed by atoms with E-state index < -0.39 is 16.2 Å². The molecular formula is C14H26NO5S+. The maximum absolute atomic E-state index is 10.8. The molecule has 0 aromatic heterocycles. The van der Waals surface area contributed by atoms with Crippen molar-refractivity contribution in [1.82, 2.24) is 0 Å². The number of terminal acetylenes is 1. The van der Waals surface area contributed by atoms with E-state index in [0.29, 0.717) is 24.0 Å². The number of aliphatic hydroxyl groups excluding tert-OH is 1. The zero-order valence-electron chi connectivity index (χ0n) is 12.4. The van der Waals surface area contributed by atoms with Gasteiger partial charge >= 0.3 is 0 Å². The van der Waals surface area contributed by atoms with E-state index in [9.17, 15) is 13.5 Å². The molecule has 0 bridgehead atoms. The molecule has 0 aliphatic carbocycles. The van der Waals surface area contributed by atoms with E-state index in [1.165, 1.54) is 6.42 Å². The van der Waals surface area contributed by atoms with Crippen LogP contribution in [0.5, 0.6) is 0 Å². The van der Waals surface area contributed by atoms with Gasteiger partial charge in [0.2, 0.25) is 0 Å². The first-order chi connectivity index (χ1) is 9.87. The lowest BCUT2D eigenvalue weighted by atomic mass is 10.1. The molecule has 0 spiro atoms. The number of hydrogen-bond donors (Lipinski definition) is 2. The van der Waals surface area contributed by atoms with Crippen LogP contribution >= 0.6 is 0 Å². The summed E-state index contributed by atoms with van der Waals surface area (Å²) < 4.78 is 36.4. The molecule has 1 saturated heterocycles. The molecule has 0 radical (unpaired) electrons. The van der Waals surface area contributed by atoms with E-state index in [2.05, 4.69) is 5.92 Å². The minimum Gasteiger partial charge on any atom is -0.385 e. The Kier molecular flexibility index (Phi) is 7.63. The number of nitrogens with zero attached hydrogens (tertiary/aromatic N) is 1. The average Bonchev–Trinajstić information content (AvgIpc) is 2.38. The van der Waals surface area contributed by atoms with Crippen LogP contribution in [0.1, 0.15) is 25.7 Å². The lowest BCUT2D eigenvalue weighted by molar-refractivity contribution is -0.935. The Labute approximate surface area is 127 Å². The SMILES string of the molecule is C#CCOCC(O)C[N+]1(CCCS(=O)(=O)O)CCCCC1. The normalized spacial score (nSPS) is 19.9. The third-order valence-corrected chi connectivity index (χ3v) is 4.70. The Bertz CT molecular complexity index is 437. The maximum atomic E-state index is 10.8. The Hall–Kier alpha value is -0.650. The fraction of sp³-hybridized carbons (Fsp3) is 0.857. The molecule has 1 atom stereocenters. The molecule has 1 fully saturated rings. The summed E-state index contributed by atoms with van der Waals surface area (Å²) in [6.07, 6.45) is 8.20. The third-order valence-electron chi connectivity index (χ3n) is 3.89. The second-order valence-corrected chi connectivity index (χ2v) is 7.34. The van der Waals surface area contributed by atoms with Gasteiger partial charge in [-0.25, -0.2) is 0 Å². The van der Waals surface area contributed by atoms with E-state index in [1.807, 2.05) is 0 Å². The topological polar surface area (TPSA) is 83.8 Å². The van der Waals surface area contributed by atoms with E-state index in [-0.39, 0.29) is 19.0 Å². The molecule has 21 heavy (non-hydrogen) atoms. The van der Waals surface area contributed by atoms with Crippen molar-refractivity contribution < 1.29 is 27.3 Å². The number of ether oxygens (including phenoxy) is 1. The van der Waals surface area contributed by atoms with Gasteiger partial charge in [-0.15, -0.1) is 6.42 Å². The molecule has 1 aliphatic heterocycles. The van der Waals surface area contributed by atoms with Crippen LogP contribution in [0, 0.1) is 12.3 Å². The predicted octanol–water partition coefficient (Wildman–Crippen LogP) is 0.276. The minimum absolute atomic E-state index is 0.180. The van der Waals surface area contributed by atoms with E-state index in [1.54, 1.807) is 0 Å². The molecule has 0 aromatic carbocycles. The summed E-state index contributed by atoms with van der Waals surface area (Å²) in [6, 6.07) is 0. The lowest BCUT2D eigenvalue weighted by Crippen LogP contribution is -2.56. The predicted molar refractivity (Wildman–Crippen MR) is 80.3 cm³/mol. The van der Waals surface area contributed by atoms with Crippen LogP contribution in [0.4, 0.5) is 0 Å². The molecule has 7 heteroatoms. The van der Waals surface area contributed by atoms with Crippen LogP contribution in [0.25, 0.3) is 0 Å². The van der Waals surface area contributed by atoms with Crippen molar-refractivity contribution in [3.8, 4) is 12.3 Å². The molecule has 122 valence electrons. The summed E-state index contributed by atoms with van der Waals surface area (Å²) in [4.78, 5) is 0. The highest BCUT2D eigenvalue weighted by atomic mass is 32.2. The fourth-order valence-electron chi connectivity index (χ4n) is 3.02. The Morgan fingerprint density at radius 3 is 2.52 bits per heavy atom. The first-order valence-electron chi connectivity index (χ1n) is 7.36. The minimum atomic E-state index is -3.92. The summed E-state index contributed by atoms with van der Waals surface area (Å²) >= 11 is 0. The van der Waals surface area contributed by atoms with Crippen molar-refractivity contribution >= 4 is 10.1 Å². The van der Waals surface area contributed by atoms with Gasteiger partial charge in [0.1, 0.15) is 19.3 Å². The average molecular weight is 320 g/mol. The summed E-state index contributed by atoms with van der Waals surface area (Å²) in [7, 11) is -3.92. The van der Waals surface area contributed by atoms with Crippen LogP contribution < -0.4 is 0 Å². The summed E-state index contributed by atoms with van der Waals surface area (Å²) in [5.41, 5.74) is 0. The van der Waals surface area contributed by atoms with Gasteiger partial charge in [0, 0.05) is 6.42 Å². The van der Waals surface area contributed by atoms with Gasteiger partial charge in [0.05, 0.1) is 32.0 Å². The molecule has 2 N–H and O–H groups in total. The zero-order chi connectivity index (χ0) is 15.8. The van der Waals surface area contributed by atoms with E-state index >= 15 is 0 Å². The molecule has 1 rings (SSSR count). The highest BCUT2D eigenvalue weighted by Gasteiger charge is 2.32. The highest BCUT2D eigenvalue weighted by Crippen LogP contribution is 2.20. The second-order valence-electron chi connectivity index (χ2n) is 5.77. The first-order valence-corrected chi connectivity index (χ1v) is 8.97. The van der Waals surface area contributed by atoms with Crippen LogP contribution in [0.2, 0.25) is 0 Å². The van der Waals surface area contributed by atoms with Crippen LogP contribution in [0.3, 0.4) is 0 Å². The van der Waals surface area contributed by atoms with Crippen molar-refractivity contribution in [1.29, 1.82) is 0 Å². The summed E-state index contributed by atoms with van der Waals surface area (Å²) in [5.74, 6) is 2.13. The van der Waals surface area contributed by atoms with Gasteiger partial charge in [-0.2, -0.15) is 8.42 Å². The zero-order valence-corrected chi connectivity index (χ0v) is 13.2. The quantitative estimate of drug-likeness (QED) is 0.276. The fourth-order valence-corrected chi connectivity index (χ4v) is 3.51. The van der Waals surface area contributed by atoms with Crippen LogP contribution in [-0.2, 0) is 14.9 Å². The Morgan fingerprint density at radius 2 is 1.95 bits per heavy atom. The smallest absolute Gasteiger partial charge is 0.265 e. The molecular weight excluding hydrogens is 294 g/mol. The number of aliphatic hydroxyl groups is 1. The number of rotatable bonds is 9. The van der Waals surface area contributed by atoms with Gasteiger partial charge in [-0.05, 0) is 19.3 Å². The van der Waals surface area contributed by atoms with Crippen molar-refractivity contribution in [2.24, 2.45) is 0 Å². The summed E-state index contributed by atoms with van der Waals surface area (Å²) in [6.45, 7) is 3.42. The third kappa shape index (κ3) is 7.79. The van der Waals surface area contributed by atoms with Crippen molar-refractivity contribution in [3.05, 3.63) is 0 Å². The van der Waals surface area contributed by atoms with E-state index in [0.717, 1.165) is 25.9 Å². The standard InChI is InChI=1S/C14H25NO5S/c1-2-10-20-13-14(16)12-15(7-4-3-5-8-15)9-6-11-21(17,18)19/h1,14,16H,3-13H2/p+1. The van der Waals surface area contributed by atoms with E-state index in [4.69, 9.17) is 15.7 Å². The van der Waals surface area contributed by atoms with Crippen molar-refractivity contribution in [2.45, 2.75) is 31.8 Å². The van der Waals surface area contributed by atoms with Crippen molar-refractivity contribution in [3.63, 3.8) is 0 Å². The van der Waals surface area contributed by atoms with Crippen LogP contribution in [-0.4, -0.2) is 73.8 Å². The largest absolute Gasteiger partial charge is 0.385 e. The molecule has 1 aliphatic rings. The van der Waals surface area contributed by atoms with Crippen molar-refractivity contribution in [2.75, 3.05) is 45.1 Å². The molecule has 1 heterocycles. The van der Waals surface area contributed by atoms with Gasteiger partial charge in [-0.1, -0.05) is 5.92 Å². The number of piperidine rings is 1. The second kappa shape index (κ2) is 8.71. The van der Waals surface area contributed by atoms with Crippen LogP contribution in [0.15, 0.2) is 0 Å². The number of quaternary nitrogens is 1. The molecule has 0 aromatic rings. The number of hydrogen-bond acceptors (Lipinski definition) is 4. The molecule has 1 unspecified atom stereocenters. The first kappa shape index (κ1) is 18.4. The molecule has 6 nitrogen and oxygen atoms in total. The highest BCUT2D eigenvalue weighted by molar-refractivity contribution is 7.85. The Balaban J connectivity index is 2.51. The van der Waals surface area contributed by atoms with Gasteiger partial charge in [-0.3, -0.25) is 4.55 Å². The summed E-state index contributed by atoms with van der Waals surface area (Å²) in [5, 5.41) is 10.1. The molecule has 0 amide bonds. The Morgan fingerprint density at radius 1 is 1.29 bits per heavy atom. The monoisotopic (exact) mass is 320 g/mol. The maximum Gasteiger partial charge on any atom is 0.265 e. The lowest BCUT2D eigenvalue weighted by Gasteiger charge is -2.42.